The predicted octanol–water partition coefficient (Wildman–Crippen LogP) is 3.12. The highest BCUT2D eigenvalue weighted by Crippen LogP contribution is 2.36. The van der Waals surface area contributed by atoms with E-state index in [-0.39, 0.29) is 12.4 Å². The van der Waals surface area contributed by atoms with Gasteiger partial charge in [0.1, 0.15) is 0 Å². The second-order valence-electron chi connectivity index (χ2n) is 6.50. The van der Waals surface area contributed by atoms with Gasteiger partial charge in [0.25, 0.3) is 0 Å². The molecule has 0 aromatic carbocycles. The van der Waals surface area contributed by atoms with Crippen molar-refractivity contribution in [1.82, 2.24) is 15.1 Å². The zero-order chi connectivity index (χ0) is 14.2. The highest BCUT2D eigenvalue weighted by atomic mass is 35.5. The Labute approximate surface area is 141 Å². The SMILES string of the molecule is Cl.NC1CCCC2CN(Cc3cn[nH]c3-c3ccsc3)CC12. The lowest BCUT2D eigenvalue weighted by atomic mass is 9.78. The molecule has 2 aliphatic rings. The largest absolute Gasteiger partial charge is 0.327 e. The first-order valence-corrected chi connectivity index (χ1v) is 8.78. The van der Waals surface area contributed by atoms with Crippen molar-refractivity contribution in [3.63, 3.8) is 0 Å². The van der Waals surface area contributed by atoms with Gasteiger partial charge in [-0.15, -0.1) is 12.4 Å². The van der Waals surface area contributed by atoms with Gasteiger partial charge in [0.05, 0.1) is 11.9 Å². The second-order valence-corrected chi connectivity index (χ2v) is 7.28. The van der Waals surface area contributed by atoms with Crippen LogP contribution in [0.5, 0.6) is 0 Å². The van der Waals surface area contributed by atoms with Crippen LogP contribution in [0.3, 0.4) is 0 Å². The van der Waals surface area contributed by atoms with Gasteiger partial charge in [-0.2, -0.15) is 16.4 Å². The standard InChI is InChI=1S/C16H22N4S.ClH/c17-15-3-1-2-11-7-20(9-14(11)15)8-13-6-18-19-16(13)12-4-5-21-10-12;/h4-6,10-11,14-15H,1-3,7-9,17H2,(H,18,19);1H. The first kappa shape index (κ1) is 16.0. The van der Waals surface area contributed by atoms with Crippen LogP contribution < -0.4 is 5.73 Å². The molecule has 4 rings (SSSR count). The summed E-state index contributed by atoms with van der Waals surface area (Å²) in [5.41, 5.74) is 10.1. The van der Waals surface area contributed by atoms with Gasteiger partial charge >= 0.3 is 0 Å². The summed E-state index contributed by atoms with van der Waals surface area (Å²) in [6.07, 6.45) is 5.86. The van der Waals surface area contributed by atoms with Crippen LogP contribution in [0, 0.1) is 11.8 Å². The van der Waals surface area contributed by atoms with E-state index in [0.717, 1.165) is 19.0 Å². The van der Waals surface area contributed by atoms with Crippen LogP contribution >= 0.6 is 23.7 Å². The molecule has 4 nitrogen and oxygen atoms in total. The molecule has 3 atom stereocenters. The van der Waals surface area contributed by atoms with Gasteiger partial charge in [-0.1, -0.05) is 6.42 Å². The molecule has 0 bridgehead atoms. The fourth-order valence-corrected chi connectivity index (χ4v) is 4.71. The third kappa shape index (κ3) is 2.95. The number of H-pyrrole nitrogens is 1. The molecule has 1 saturated heterocycles. The number of hydrogen-bond donors (Lipinski definition) is 2. The van der Waals surface area contributed by atoms with Crippen molar-refractivity contribution in [3.05, 3.63) is 28.6 Å². The van der Waals surface area contributed by atoms with E-state index < -0.39 is 0 Å². The van der Waals surface area contributed by atoms with Gasteiger partial charge in [-0.25, -0.2) is 0 Å². The van der Waals surface area contributed by atoms with E-state index in [1.54, 1.807) is 11.3 Å². The quantitative estimate of drug-likeness (QED) is 0.904. The van der Waals surface area contributed by atoms with Crippen LogP contribution in [0.2, 0.25) is 0 Å². The minimum Gasteiger partial charge on any atom is -0.327 e. The first-order chi connectivity index (χ1) is 10.3. The maximum absolute atomic E-state index is 6.32. The Kier molecular flexibility index (Phi) is 4.88. The maximum Gasteiger partial charge on any atom is 0.0703 e. The number of halogens is 1. The number of rotatable bonds is 3. The Morgan fingerprint density at radius 2 is 2.27 bits per heavy atom. The lowest BCUT2D eigenvalue weighted by Gasteiger charge is -2.29. The molecular weight excluding hydrogens is 316 g/mol. The van der Waals surface area contributed by atoms with Gasteiger partial charge in [0.15, 0.2) is 0 Å². The molecule has 1 aliphatic carbocycles. The summed E-state index contributed by atoms with van der Waals surface area (Å²) in [6, 6.07) is 2.57. The number of aromatic nitrogens is 2. The minimum atomic E-state index is 0. The summed E-state index contributed by atoms with van der Waals surface area (Å²) in [6.45, 7) is 3.34. The Hall–Kier alpha value is -0.880. The Balaban J connectivity index is 0.00000144. The van der Waals surface area contributed by atoms with Crippen LogP contribution in [-0.4, -0.2) is 34.2 Å². The number of fused-ring (bicyclic) bond motifs is 1. The summed E-state index contributed by atoms with van der Waals surface area (Å²) < 4.78 is 0. The molecule has 22 heavy (non-hydrogen) atoms. The average Bonchev–Trinajstić information content (AvgIpc) is 3.17. The van der Waals surface area contributed by atoms with E-state index in [4.69, 9.17) is 5.73 Å². The topological polar surface area (TPSA) is 57.9 Å². The monoisotopic (exact) mass is 338 g/mol. The molecule has 0 amide bonds. The molecule has 3 unspecified atom stereocenters. The fraction of sp³-hybridized carbons (Fsp3) is 0.562. The molecule has 3 heterocycles. The van der Waals surface area contributed by atoms with E-state index in [9.17, 15) is 0 Å². The molecule has 1 saturated carbocycles. The van der Waals surface area contributed by atoms with Gasteiger partial charge in [-0.3, -0.25) is 10.00 Å². The number of nitrogens with one attached hydrogen (secondary N) is 1. The lowest BCUT2D eigenvalue weighted by Crippen LogP contribution is -2.38. The van der Waals surface area contributed by atoms with Gasteiger partial charge in [0.2, 0.25) is 0 Å². The van der Waals surface area contributed by atoms with Crippen LogP contribution in [0.25, 0.3) is 11.3 Å². The van der Waals surface area contributed by atoms with Crippen molar-refractivity contribution in [2.75, 3.05) is 13.1 Å². The van der Waals surface area contributed by atoms with Gasteiger partial charge < -0.3 is 5.73 Å². The van der Waals surface area contributed by atoms with Gasteiger partial charge in [0, 0.05) is 42.2 Å². The van der Waals surface area contributed by atoms with Crippen LogP contribution in [0.4, 0.5) is 0 Å². The zero-order valence-corrected chi connectivity index (χ0v) is 14.2. The number of nitrogens with two attached hydrogens (primary N) is 1. The van der Waals surface area contributed by atoms with E-state index in [1.165, 1.54) is 42.6 Å². The third-order valence-corrected chi connectivity index (χ3v) is 5.83. The third-order valence-electron chi connectivity index (χ3n) is 5.15. The highest BCUT2D eigenvalue weighted by Gasteiger charge is 2.38. The summed E-state index contributed by atoms with van der Waals surface area (Å²) in [7, 11) is 0. The average molecular weight is 339 g/mol. The zero-order valence-electron chi connectivity index (χ0n) is 12.6. The summed E-state index contributed by atoms with van der Waals surface area (Å²) in [5.74, 6) is 1.51. The first-order valence-electron chi connectivity index (χ1n) is 7.84. The maximum atomic E-state index is 6.32. The molecule has 2 aromatic rings. The summed E-state index contributed by atoms with van der Waals surface area (Å²) >= 11 is 1.73. The van der Waals surface area contributed by atoms with E-state index in [2.05, 4.69) is 31.9 Å². The number of aromatic amines is 1. The summed E-state index contributed by atoms with van der Waals surface area (Å²) in [4.78, 5) is 2.57. The summed E-state index contributed by atoms with van der Waals surface area (Å²) in [5, 5.41) is 11.7. The number of nitrogens with zero attached hydrogens (tertiary/aromatic N) is 2. The van der Waals surface area contributed by atoms with Gasteiger partial charge in [-0.05, 0) is 36.1 Å². The van der Waals surface area contributed by atoms with Crippen molar-refractivity contribution in [2.24, 2.45) is 17.6 Å². The predicted molar refractivity (Wildman–Crippen MR) is 93.2 cm³/mol. The van der Waals surface area contributed by atoms with Crippen LogP contribution in [-0.2, 0) is 6.54 Å². The highest BCUT2D eigenvalue weighted by molar-refractivity contribution is 7.08. The molecule has 0 radical (unpaired) electrons. The van der Waals surface area contributed by atoms with Crippen molar-refractivity contribution in [3.8, 4) is 11.3 Å². The van der Waals surface area contributed by atoms with E-state index >= 15 is 0 Å². The van der Waals surface area contributed by atoms with Crippen molar-refractivity contribution < 1.29 is 0 Å². The normalized spacial score (nSPS) is 28.3. The molecule has 0 spiro atoms. The molecule has 3 N–H and O–H groups in total. The molecule has 120 valence electrons. The van der Waals surface area contributed by atoms with E-state index in [1.807, 2.05) is 6.20 Å². The number of hydrogen-bond acceptors (Lipinski definition) is 4. The smallest absolute Gasteiger partial charge is 0.0703 e. The minimum absolute atomic E-state index is 0. The Morgan fingerprint density at radius 1 is 1.36 bits per heavy atom. The number of likely N-dealkylation sites (tertiary alicyclic amines) is 1. The lowest BCUT2D eigenvalue weighted by molar-refractivity contribution is 0.259. The Morgan fingerprint density at radius 3 is 3.05 bits per heavy atom. The van der Waals surface area contributed by atoms with E-state index in [0.29, 0.717) is 12.0 Å². The van der Waals surface area contributed by atoms with Crippen molar-refractivity contribution >= 4 is 23.7 Å². The van der Waals surface area contributed by atoms with Crippen molar-refractivity contribution in [2.45, 2.75) is 31.8 Å². The molecule has 6 heteroatoms. The molecular formula is C16H23ClN4S. The second kappa shape index (κ2) is 6.71. The fourth-order valence-electron chi connectivity index (χ4n) is 4.07. The van der Waals surface area contributed by atoms with Crippen LogP contribution in [0.15, 0.2) is 23.0 Å². The number of thiophene rings is 1. The van der Waals surface area contributed by atoms with Crippen LogP contribution in [0.1, 0.15) is 24.8 Å². The molecule has 1 aliphatic heterocycles. The molecule has 2 aromatic heterocycles. The Bertz CT molecular complexity index is 597. The molecule has 2 fully saturated rings. The van der Waals surface area contributed by atoms with Crippen molar-refractivity contribution in [1.29, 1.82) is 0 Å².